The number of nitro groups is 1. The number of carbonyl (C=O) groups excluding carboxylic acids is 1. The van der Waals surface area contributed by atoms with Gasteiger partial charge in [-0.15, -0.1) is 0 Å². The lowest BCUT2D eigenvalue weighted by molar-refractivity contribution is -0.384. The number of carboxylic acid groups (broad SMARTS) is 1. The first-order valence-electron chi connectivity index (χ1n) is 8.98. The Balaban J connectivity index is 1.79. The van der Waals surface area contributed by atoms with Gasteiger partial charge in [0.1, 0.15) is 5.69 Å². The van der Waals surface area contributed by atoms with Crippen LogP contribution in [0.2, 0.25) is 0 Å². The fraction of sp³-hybridized carbons (Fsp3) is 0.300. The molecule has 0 aromatic heterocycles. The fourth-order valence-corrected chi connectivity index (χ4v) is 3.48. The zero-order valence-corrected chi connectivity index (χ0v) is 15.4. The molecular formula is C20H21N3O5. The normalized spacial score (nSPS) is 18.7. The largest absolute Gasteiger partial charge is 0.481 e. The molecule has 1 amide bonds. The van der Waals surface area contributed by atoms with Crippen LogP contribution in [0.5, 0.6) is 0 Å². The van der Waals surface area contributed by atoms with Gasteiger partial charge in [-0.05, 0) is 31.0 Å². The second-order valence-electron chi connectivity index (χ2n) is 6.80. The SMILES string of the molecule is CC1C(C(=O)O)CCN1C(=O)c1ccc(NCc2ccccc2)c([N+](=O)[O-])c1. The molecule has 2 N–H and O–H groups in total. The molecule has 0 bridgehead atoms. The Morgan fingerprint density at radius 3 is 2.57 bits per heavy atom. The van der Waals surface area contributed by atoms with E-state index in [1.807, 2.05) is 30.3 Å². The van der Waals surface area contributed by atoms with Crippen molar-refractivity contribution in [3.8, 4) is 0 Å². The fourth-order valence-electron chi connectivity index (χ4n) is 3.48. The molecule has 2 atom stereocenters. The number of hydrogen-bond acceptors (Lipinski definition) is 5. The molecule has 8 nitrogen and oxygen atoms in total. The zero-order valence-electron chi connectivity index (χ0n) is 15.4. The molecule has 2 aromatic rings. The van der Waals surface area contributed by atoms with Gasteiger partial charge in [-0.3, -0.25) is 19.7 Å². The van der Waals surface area contributed by atoms with E-state index in [1.54, 1.807) is 6.92 Å². The third-order valence-electron chi connectivity index (χ3n) is 5.10. The number of carbonyl (C=O) groups is 2. The van der Waals surface area contributed by atoms with Gasteiger partial charge >= 0.3 is 5.97 Å². The van der Waals surface area contributed by atoms with Gasteiger partial charge in [-0.25, -0.2) is 0 Å². The molecular weight excluding hydrogens is 362 g/mol. The lowest BCUT2D eigenvalue weighted by Crippen LogP contribution is -2.37. The number of nitrogens with one attached hydrogen (secondary N) is 1. The highest BCUT2D eigenvalue weighted by atomic mass is 16.6. The smallest absolute Gasteiger partial charge is 0.308 e. The molecule has 1 heterocycles. The van der Waals surface area contributed by atoms with Gasteiger partial charge < -0.3 is 15.3 Å². The van der Waals surface area contributed by atoms with Crippen LogP contribution in [0.1, 0.15) is 29.3 Å². The summed E-state index contributed by atoms with van der Waals surface area (Å²) in [4.78, 5) is 36.5. The highest BCUT2D eigenvalue weighted by Crippen LogP contribution is 2.30. The second-order valence-corrected chi connectivity index (χ2v) is 6.80. The second kappa shape index (κ2) is 8.08. The van der Waals surface area contributed by atoms with Gasteiger partial charge in [-0.2, -0.15) is 0 Å². The molecule has 0 radical (unpaired) electrons. The van der Waals surface area contributed by atoms with Crippen molar-refractivity contribution in [1.29, 1.82) is 0 Å². The monoisotopic (exact) mass is 383 g/mol. The highest BCUT2D eigenvalue weighted by molar-refractivity contribution is 5.96. The van der Waals surface area contributed by atoms with E-state index in [2.05, 4.69) is 5.32 Å². The summed E-state index contributed by atoms with van der Waals surface area (Å²) in [6.45, 7) is 2.42. The van der Waals surface area contributed by atoms with Gasteiger partial charge in [-0.1, -0.05) is 30.3 Å². The molecule has 1 fully saturated rings. The van der Waals surface area contributed by atoms with Crippen LogP contribution < -0.4 is 5.32 Å². The molecule has 2 unspecified atom stereocenters. The van der Waals surface area contributed by atoms with E-state index in [0.717, 1.165) is 5.56 Å². The van der Waals surface area contributed by atoms with Crippen LogP contribution in [0, 0.1) is 16.0 Å². The average molecular weight is 383 g/mol. The van der Waals surface area contributed by atoms with Crippen LogP contribution in [0.4, 0.5) is 11.4 Å². The highest BCUT2D eigenvalue weighted by Gasteiger charge is 2.38. The number of nitrogens with zero attached hydrogens (tertiary/aromatic N) is 2. The van der Waals surface area contributed by atoms with Crippen LogP contribution in [0.15, 0.2) is 48.5 Å². The van der Waals surface area contributed by atoms with Crippen molar-refractivity contribution in [1.82, 2.24) is 4.90 Å². The van der Waals surface area contributed by atoms with Crippen LogP contribution in [-0.2, 0) is 11.3 Å². The molecule has 146 valence electrons. The first-order valence-corrected chi connectivity index (χ1v) is 8.98. The Hall–Kier alpha value is -3.42. The lowest BCUT2D eigenvalue weighted by Gasteiger charge is -2.23. The molecule has 1 aliphatic rings. The molecule has 28 heavy (non-hydrogen) atoms. The van der Waals surface area contributed by atoms with Gasteiger partial charge in [0.05, 0.1) is 10.8 Å². The van der Waals surface area contributed by atoms with E-state index in [1.165, 1.54) is 23.1 Å². The van der Waals surface area contributed by atoms with Crippen molar-refractivity contribution in [2.75, 3.05) is 11.9 Å². The van der Waals surface area contributed by atoms with Gasteiger partial charge in [0.25, 0.3) is 11.6 Å². The minimum Gasteiger partial charge on any atom is -0.481 e. The summed E-state index contributed by atoms with van der Waals surface area (Å²) < 4.78 is 0. The third-order valence-corrected chi connectivity index (χ3v) is 5.10. The van der Waals surface area contributed by atoms with Gasteiger partial charge in [0, 0.05) is 30.8 Å². The van der Waals surface area contributed by atoms with Crippen molar-refractivity contribution >= 4 is 23.3 Å². The predicted octanol–water partition coefficient (Wildman–Crippen LogP) is 3.14. The van der Waals surface area contributed by atoms with E-state index < -0.39 is 28.8 Å². The van der Waals surface area contributed by atoms with Crippen LogP contribution >= 0.6 is 0 Å². The number of amides is 1. The molecule has 1 aliphatic heterocycles. The maximum atomic E-state index is 12.8. The molecule has 2 aromatic carbocycles. The number of carboxylic acids is 1. The standard InChI is InChI=1S/C20H21N3O5/c1-13-16(20(25)26)9-10-22(13)19(24)15-7-8-17(18(11-15)23(27)28)21-12-14-5-3-2-4-6-14/h2-8,11,13,16,21H,9-10,12H2,1H3,(H,25,26). The maximum absolute atomic E-state index is 12.8. The third kappa shape index (κ3) is 3.95. The maximum Gasteiger partial charge on any atom is 0.308 e. The summed E-state index contributed by atoms with van der Waals surface area (Å²) >= 11 is 0. The number of likely N-dealkylation sites (tertiary alicyclic amines) is 1. The van der Waals surface area contributed by atoms with Crippen molar-refractivity contribution in [2.24, 2.45) is 5.92 Å². The van der Waals surface area contributed by atoms with Crippen molar-refractivity contribution < 1.29 is 19.6 Å². The minimum absolute atomic E-state index is 0.176. The Kier molecular flexibility index (Phi) is 5.58. The Morgan fingerprint density at radius 2 is 1.96 bits per heavy atom. The predicted molar refractivity (Wildman–Crippen MR) is 103 cm³/mol. The van der Waals surface area contributed by atoms with Gasteiger partial charge in [0.15, 0.2) is 0 Å². The average Bonchev–Trinajstić information content (AvgIpc) is 3.08. The number of aliphatic carboxylic acids is 1. The number of rotatable bonds is 6. The molecule has 0 saturated carbocycles. The first kappa shape index (κ1) is 19.3. The number of anilines is 1. The van der Waals surface area contributed by atoms with Crippen molar-refractivity contribution in [2.45, 2.75) is 25.9 Å². The number of benzene rings is 2. The quantitative estimate of drug-likeness (QED) is 0.585. The number of hydrogen-bond donors (Lipinski definition) is 2. The van der Waals surface area contributed by atoms with E-state index in [4.69, 9.17) is 0 Å². The van der Waals surface area contributed by atoms with Crippen molar-refractivity contribution in [3.05, 3.63) is 69.8 Å². The molecule has 3 rings (SSSR count). The molecule has 0 spiro atoms. The summed E-state index contributed by atoms with van der Waals surface area (Å²) in [6, 6.07) is 13.3. The van der Waals surface area contributed by atoms with E-state index in [-0.39, 0.29) is 11.3 Å². The Labute approximate surface area is 161 Å². The summed E-state index contributed by atoms with van der Waals surface area (Å²) in [7, 11) is 0. The minimum atomic E-state index is -0.936. The topological polar surface area (TPSA) is 113 Å². The van der Waals surface area contributed by atoms with Crippen molar-refractivity contribution in [3.63, 3.8) is 0 Å². The Bertz CT molecular complexity index is 900. The van der Waals surface area contributed by atoms with Crippen LogP contribution in [0.3, 0.4) is 0 Å². The lowest BCUT2D eigenvalue weighted by atomic mass is 10.0. The molecule has 8 heteroatoms. The molecule has 1 saturated heterocycles. The van der Waals surface area contributed by atoms with E-state index in [9.17, 15) is 24.8 Å². The summed E-state index contributed by atoms with van der Waals surface area (Å²) in [5.41, 5.74) is 1.28. The van der Waals surface area contributed by atoms with E-state index in [0.29, 0.717) is 25.2 Å². The first-order chi connectivity index (χ1) is 13.4. The van der Waals surface area contributed by atoms with Crippen LogP contribution in [0.25, 0.3) is 0 Å². The summed E-state index contributed by atoms with van der Waals surface area (Å²) in [6.07, 6.45) is 0.376. The summed E-state index contributed by atoms with van der Waals surface area (Å²) in [5.74, 6) is -1.95. The zero-order chi connectivity index (χ0) is 20.3. The summed E-state index contributed by atoms with van der Waals surface area (Å²) in [5, 5.41) is 23.8. The Morgan fingerprint density at radius 1 is 1.25 bits per heavy atom. The van der Waals surface area contributed by atoms with Crippen LogP contribution in [-0.4, -0.2) is 39.4 Å². The molecule has 0 aliphatic carbocycles. The van der Waals surface area contributed by atoms with E-state index >= 15 is 0 Å². The number of nitro benzene ring substituents is 1. The van der Waals surface area contributed by atoms with Gasteiger partial charge in [0.2, 0.25) is 0 Å².